The van der Waals surface area contributed by atoms with Crippen LogP contribution in [0.5, 0.6) is 0 Å². The molecule has 3 fully saturated rings. The van der Waals surface area contributed by atoms with E-state index >= 15 is 0 Å². The summed E-state index contributed by atoms with van der Waals surface area (Å²) in [5.41, 5.74) is 0.564. The highest BCUT2D eigenvalue weighted by Gasteiger charge is 2.42. The van der Waals surface area contributed by atoms with Crippen molar-refractivity contribution in [1.82, 2.24) is 20.3 Å². The van der Waals surface area contributed by atoms with Crippen molar-refractivity contribution in [2.45, 2.75) is 87.7 Å². The highest BCUT2D eigenvalue weighted by molar-refractivity contribution is 5.77. The molecule has 1 N–H and O–H groups in total. The summed E-state index contributed by atoms with van der Waals surface area (Å²) in [6.45, 7) is -0.0444. The predicted molar refractivity (Wildman–Crippen MR) is 99.0 cm³/mol. The SMILES string of the molecule is O=C(COC1CC(OC(F)(F)F)C1)N[C@@H]1CC[C@@H](c2cn(C3CC(OC(F)(F)F)C3)nn2)OC1. The molecule has 2 heterocycles. The van der Waals surface area contributed by atoms with Gasteiger partial charge in [-0.15, -0.1) is 31.4 Å². The van der Waals surface area contributed by atoms with Gasteiger partial charge in [-0.2, -0.15) is 0 Å². The zero-order valence-electron chi connectivity index (χ0n) is 17.8. The molecule has 3 aliphatic rings. The Morgan fingerprint density at radius 3 is 2.26 bits per heavy atom. The molecule has 2 aliphatic carbocycles. The molecule has 0 spiro atoms. The van der Waals surface area contributed by atoms with Crippen molar-refractivity contribution < 1.29 is 50.1 Å². The molecule has 1 amide bonds. The molecule has 1 aliphatic heterocycles. The number of carbonyl (C=O) groups is 1. The Morgan fingerprint density at radius 1 is 1.03 bits per heavy atom. The summed E-state index contributed by atoms with van der Waals surface area (Å²) < 4.78 is 93.4. The van der Waals surface area contributed by atoms with Gasteiger partial charge in [0.15, 0.2) is 0 Å². The van der Waals surface area contributed by atoms with E-state index in [1.54, 1.807) is 6.20 Å². The van der Waals surface area contributed by atoms with E-state index in [2.05, 4.69) is 25.1 Å². The Morgan fingerprint density at radius 2 is 1.68 bits per heavy atom. The van der Waals surface area contributed by atoms with E-state index in [1.165, 1.54) is 4.68 Å². The van der Waals surface area contributed by atoms with E-state index in [1.807, 2.05) is 0 Å². The Labute approximate surface area is 190 Å². The minimum absolute atomic E-state index is 0.0819. The fourth-order valence-corrected chi connectivity index (χ4v) is 4.16. The topological polar surface area (TPSA) is 96.7 Å². The van der Waals surface area contributed by atoms with Gasteiger partial charge < -0.3 is 14.8 Å². The van der Waals surface area contributed by atoms with Gasteiger partial charge in [0.05, 0.1) is 43.2 Å². The second-order valence-electron chi connectivity index (χ2n) is 8.69. The molecule has 34 heavy (non-hydrogen) atoms. The fourth-order valence-electron chi connectivity index (χ4n) is 4.16. The van der Waals surface area contributed by atoms with Crippen molar-refractivity contribution in [1.29, 1.82) is 0 Å². The molecule has 1 aromatic heterocycles. The predicted octanol–water partition coefficient (Wildman–Crippen LogP) is 2.94. The average molecular weight is 502 g/mol. The summed E-state index contributed by atoms with van der Waals surface area (Å²) in [6.07, 6.45) is -8.58. The first-order chi connectivity index (χ1) is 15.9. The van der Waals surface area contributed by atoms with Gasteiger partial charge in [0.2, 0.25) is 5.91 Å². The van der Waals surface area contributed by atoms with Gasteiger partial charge in [-0.25, -0.2) is 4.68 Å². The summed E-state index contributed by atoms with van der Waals surface area (Å²) in [7, 11) is 0. The number of nitrogens with zero attached hydrogens (tertiary/aromatic N) is 3. The van der Waals surface area contributed by atoms with Crippen LogP contribution in [0.4, 0.5) is 26.3 Å². The molecular weight excluding hydrogens is 478 g/mol. The fraction of sp³-hybridized carbons (Fsp3) is 0.842. The highest BCUT2D eigenvalue weighted by Crippen LogP contribution is 2.38. The molecule has 2 saturated carbocycles. The van der Waals surface area contributed by atoms with Crippen molar-refractivity contribution in [2.24, 2.45) is 0 Å². The number of aromatic nitrogens is 3. The first kappa shape index (κ1) is 25.1. The van der Waals surface area contributed by atoms with E-state index in [-0.39, 0.29) is 57.1 Å². The number of amides is 1. The number of ether oxygens (including phenoxy) is 4. The number of hydrogen-bond donors (Lipinski definition) is 1. The molecule has 0 bridgehead atoms. The molecule has 2 atom stereocenters. The number of hydrogen-bond acceptors (Lipinski definition) is 7. The third-order valence-corrected chi connectivity index (χ3v) is 6.05. The summed E-state index contributed by atoms with van der Waals surface area (Å²) in [5, 5.41) is 10.8. The van der Waals surface area contributed by atoms with E-state index < -0.39 is 36.9 Å². The third-order valence-electron chi connectivity index (χ3n) is 6.05. The van der Waals surface area contributed by atoms with Gasteiger partial charge in [-0.1, -0.05) is 5.21 Å². The maximum absolute atomic E-state index is 12.2. The first-order valence-corrected chi connectivity index (χ1v) is 10.9. The standard InChI is InChI=1S/C19H24F6N4O5/c20-18(21,22)33-13-3-11(4-13)29-7-15(27-28-29)16-2-1-10(8-32-16)26-17(30)9-31-12-5-14(6-12)34-19(23,24)25/h7,10-14,16H,1-6,8-9H2,(H,26,30)/t10-,11?,12?,13?,14?,16+/m1/s1. The minimum Gasteiger partial charge on any atom is -0.370 e. The number of halogens is 6. The first-order valence-electron chi connectivity index (χ1n) is 10.9. The van der Waals surface area contributed by atoms with Crippen LogP contribution >= 0.6 is 0 Å². The monoisotopic (exact) mass is 502 g/mol. The molecule has 1 aromatic rings. The van der Waals surface area contributed by atoms with Gasteiger partial charge in [-0.3, -0.25) is 14.3 Å². The van der Waals surface area contributed by atoms with E-state index in [9.17, 15) is 31.1 Å². The van der Waals surface area contributed by atoms with E-state index in [4.69, 9.17) is 9.47 Å². The molecule has 4 rings (SSSR count). The molecule has 1 saturated heterocycles. The third kappa shape index (κ3) is 7.02. The second kappa shape index (κ2) is 9.95. The number of alkyl halides is 6. The van der Waals surface area contributed by atoms with Crippen molar-refractivity contribution in [3.8, 4) is 0 Å². The Balaban J connectivity index is 1.11. The van der Waals surface area contributed by atoms with Crippen LogP contribution in [-0.2, 0) is 23.7 Å². The lowest BCUT2D eigenvalue weighted by Gasteiger charge is -2.35. The molecule has 0 radical (unpaired) electrons. The van der Waals surface area contributed by atoms with Crippen LogP contribution in [0.1, 0.15) is 56.4 Å². The molecular formula is C19H24F6N4O5. The van der Waals surface area contributed by atoms with Gasteiger partial charge >= 0.3 is 12.7 Å². The van der Waals surface area contributed by atoms with Crippen LogP contribution in [0.15, 0.2) is 6.20 Å². The van der Waals surface area contributed by atoms with Crippen molar-refractivity contribution >= 4 is 5.91 Å². The number of carbonyl (C=O) groups excluding carboxylic acids is 1. The van der Waals surface area contributed by atoms with Crippen LogP contribution in [0.25, 0.3) is 0 Å². The summed E-state index contributed by atoms with van der Waals surface area (Å²) >= 11 is 0. The zero-order chi connectivity index (χ0) is 24.5. The van der Waals surface area contributed by atoms with Gasteiger partial charge in [0.25, 0.3) is 0 Å². The lowest BCUT2D eigenvalue weighted by molar-refractivity contribution is -0.357. The van der Waals surface area contributed by atoms with Gasteiger partial charge in [0.1, 0.15) is 18.4 Å². The number of rotatable bonds is 8. The Kier molecular flexibility index (Phi) is 7.36. The van der Waals surface area contributed by atoms with E-state index in [0.717, 1.165) is 0 Å². The van der Waals surface area contributed by atoms with Crippen molar-refractivity contribution in [3.63, 3.8) is 0 Å². The number of nitrogens with one attached hydrogen (secondary N) is 1. The lowest BCUT2D eigenvalue weighted by atomic mass is 9.89. The molecule has 0 aromatic carbocycles. The van der Waals surface area contributed by atoms with E-state index in [0.29, 0.717) is 18.5 Å². The highest BCUT2D eigenvalue weighted by atomic mass is 19.4. The quantitative estimate of drug-likeness (QED) is 0.546. The van der Waals surface area contributed by atoms with Crippen LogP contribution in [0.2, 0.25) is 0 Å². The normalized spacial score (nSPS) is 32.1. The Hall–Kier alpha value is -1.97. The van der Waals surface area contributed by atoms with Crippen LogP contribution in [-0.4, -0.2) is 71.2 Å². The van der Waals surface area contributed by atoms with Crippen LogP contribution in [0.3, 0.4) is 0 Å². The van der Waals surface area contributed by atoms with Crippen LogP contribution in [0, 0.1) is 0 Å². The average Bonchev–Trinajstić information content (AvgIpc) is 3.14. The van der Waals surface area contributed by atoms with Gasteiger partial charge in [0, 0.05) is 12.8 Å². The van der Waals surface area contributed by atoms with Gasteiger partial charge in [-0.05, 0) is 25.7 Å². The summed E-state index contributed by atoms with van der Waals surface area (Å²) in [5.74, 6) is -0.390. The molecule has 192 valence electrons. The smallest absolute Gasteiger partial charge is 0.370 e. The lowest BCUT2D eigenvalue weighted by Crippen LogP contribution is -2.45. The molecule has 9 nitrogen and oxygen atoms in total. The maximum atomic E-state index is 12.2. The molecule has 0 unspecified atom stereocenters. The Bertz CT molecular complexity index is 830. The zero-order valence-corrected chi connectivity index (χ0v) is 17.8. The largest absolute Gasteiger partial charge is 0.522 e. The maximum Gasteiger partial charge on any atom is 0.522 e. The summed E-state index contributed by atoms with van der Waals surface area (Å²) in [6, 6.07) is -0.466. The van der Waals surface area contributed by atoms with Crippen molar-refractivity contribution in [2.75, 3.05) is 13.2 Å². The molecule has 15 heteroatoms. The second-order valence-corrected chi connectivity index (χ2v) is 8.69. The summed E-state index contributed by atoms with van der Waals surface area (Å²) in [4.78, 5) is 12.0. The van der Waals surface area contributed by atoms with Crippen LogP contribution < -0.4 is 5.32 Å². The minimum atomic E-state index is -4.67. The van der Waals surface area contributed by atoms with Crippen molar-refractivity contribution in [3.05, 3.63) is 11.9 Å².